The van der Waals surface area contributed by atoms with E-state index in [1.165, 1.54) is 0 Å². The highest BCUT2D eigenvalue weighted by molar-refractivity contribution is 5.80. The summed E-state index contributed by atoms with van der Waals surface area (Å²) in [5.74, 6) is 1.31. The van der Waals surface area contributed by atoms with Crippen molar-refractivity contribution in [3.05, 3.63) is 58.4 Å². The zero-order valence-corrected chi connectivity index (χ0v) is 15.5. The Morgan fingerprint density at radius 2 is 1.74 bits per heavy atom. The number of carbonyl (C=O) groups is 1. The van der Waals surface area contributed by atoms with Gasteiger partial charge >= 0.3 is 0 Å². The molecule has 0 aliphatic heterocycles. The van der Waals surface area contributed by atoms with Gasteiger partial charge in [0, 0.05) is 12.5 Å². The quantitative estimate of drug-likeness (QED) is 0.638. The molecule has 0 unspecified atom stereocenters. The van der Waals surface area contributed by atoms with Crippen LogP contribution in [0.2, 0.25) is 0 Å². The van der Waals surface area contributed by atoms with Crippen molar-refractivity contribution in [2.45, 2.75) is 25.8 Å². The van der Waals surface area contributed by atoms with Gasteiger partial charge in [0.25, 0.3) is 5.56 Å². The highest BCUT2D eigenvalue weighted by Crippen LogP contribution is 2.22. The molecule has 0 saturated carbocycles. The molecule has 7 nitrogen and oxygen atoms in total. The standard InChI is InChI=1S/C20H21N3O4/c1-13(14-4-6-16(26-2)7-5-14)10-15(24)12-23-20(25)18-9-8-17(27-3)11-19(18)21-22-23/h4-9,11,13H,10,12H2,1-3H3/t13-/m1/s1. The largest absolute Gasteiger partial charge is 0.497 e. The van der Waals surface area contributed by atoms with Crippen molar-refractivity contribution in [3.63, 3.8) is 0 Å². The molecule has 27 heavy (non-hydrogen) atoms. The van der Waals surface area contributed by atoms with E-state index >= 15 is 0 Å². The average molecular weight is 367 g/mol. The maximum Gasteiger partial charge on any atom is 0.278 e. The van der Waals surface area contributed by atoms with Gasteiger partial charge < -0.3 is 9.47 Å². The van der Waals surface area contributed by atoms with Gasteiger partial charge in [-0.25, -0.2) is 4.68 Å². The van der Waals surface area contributed by atoms with E-state index in [2.05, 4.69) is 10.3 Å². The van der Waals surface area contributed by atoms with Crippen LogP contribution in [0.3, 0.4) is 0 Å². The van der Waals surface area contributed by atoms with E-state index in [0.29, 0.717) is 23.1 Å². The Balaban J connectivity index is 1.73. The molecule has 0 saturated heterocycles. The molecule has 0 spiro atoms. The number of fused-ring (bicyclic) bond motifs is 1. The number of hydrogen-bond donors (Lipinski definition) is 0. The van der Waals surface area contributed by atoms with Crippen molar-refractivity contribution in [1.29, 1.82) is 0 Å². The van der Waals surface area contributed by atoms with E-state index in [0.717, 1.165) is 16.0 Å². The fraction of sp³-hybridized carbons (Fsp3) is 0.300. The van der Waals surface area contributed by atoms with E-state index < -0.39 is 0 Å². The molecule has 0 aliphatic carbocycles. The minimum atomic E-state index is -0.340. The van der Waals surface area contributed by atoms with Crippen LogP contribution in [0.15, 0.2) is 47.3 Å². The van der Waals surface area contributed by atoms with Crippen LogP contribution < -0.4 is 15.0 Å². The van der Waals surface area contributed by atoms with Crippen LogP contribution >= 0.6 is 0 Å². The van der Waals surface area contributed by atoms with Crippen molar-refractivity contribution in [2.24, 2.45) is 0 Å². The summed E-state index contributed by atoms with van der Waals surface area (Å²) in [6, 6.07) is 12.6. The molecule has 1 aromatic heterocycles. The lowest BCUT2D eigenvalue weighted by Crippen LogP contribution is -2.28. The average Bonchev–Trinajstić information content (AvgIpc) is 2.69. The monoisotopic (exact) mass is 367 g/mol. The van der Waals surface area contributed by atoms with Gasteiger partial charge in [0.1, 0.15) is 23.6 Å². The zero-order valence-electron chi connectivity index (χ0n) is 15.5. The zero-order chi connectivity index (χ0) is 19.4. The van der Waals surface area contributed by atoms with Crippen LogP contribution in [-0.4, -0.2) is 35.0 Å². The van der Waals surface area contributed by atoms with E-state index in [1.807, 2.05) is 31.2 Å². The molecular weight excluding hydrogens is 346 g/mol. The van der Waals surface area contributed by atoms with Gasteiger partial charge in [-0.15, -0.1) is 5.10 Å². The Bertz CT molecular complexity index is 1010. The van der Waals surface area contributed by atoms with Crippen LogP contribution in [-0.2, 0) is 11.3 Å². The van der Waals surface area contributed by atoms with E-state index in [-0.39, 0.29) is 23.8 Å². The van der Waals surface area contributed by atoms with Gasteiger partial charge in [-0.05, 0) is 35.7 Å². The maximum absolute atomic E-state index is 12.5. The minimum Gasteiger partial charge on any atom is -0.497 e. The summed E-state index contributed by atoms with van der Waals surface area (Å²) in [5, 5.41) is 8.32. The molecule has 2 aromatic carbocycles. The number of rotatable bonds is 7. The summed E-state index contributed by atoms with van der Waals surface area (Å²) >= 11 is 0. The molecule has 3 rings (SSSR count). The first kappa shape index (κ1) is 18.6. The maximum atomic E-state index is 12.5. The van der Waals surface area contributed by atoms with Crippen molar-refractivity contribution in [3.8, 4) is 11.5 Å². The first-order valence-electron chi connectivity index (χ1n) is 8.59. The predicted molar refractivity (Wildman–Crippen MR) is 101 cm³/mol. The van der Waals surface area contributed by atoms with Crippen LogP contribution in [0.25, 0.3) is 10.9 Å². The van der Waals surface area contributed by atoms with Crippen LogP contribution in [0.5, 0.6) is 11.5 Å². The fourth-order valence-corrected chi connectivity index (χ4v) is 2.91. The molecular formula is C20H21N3O4. The molecule has 7 heteroatoms. The number of aromatic nitrogens is 3. The second-order valence-corrected chi connectivity index (χ2v) is 6.35. The highest BCUT2D eigenvalue weighted by Gasteiger charge is 2.15. The van der Waals surface area contributed by atoms with Gasteiger partial charge in [0.05, 0.1) is 19.6 Å². The number of nitrogens with zero attached hydrogens (tertiary/aromatic N) is 3. The van der Waals surface area contributed by atoms with Gasteiger partial charge in [-0.1, -0.05) is 24.3 Å². The second-order valence-electron chi connectivity index (χ2n) is 6.35. The molecule has 0 radical (unpaired) electrons. The number of carbonyl (C=O) groups excluding carboxylic acids is 1. The Labute approximate surface area is 156 Å². The number of Topliss-reactive ketones (excluding diaryl/α,β-unsaturated/α-hetero) is 1. The van der Waals surface area contributed by atoms with E-state index in [4.69, 9.17) is 9.47 Å². The topological polar surface area (TPSA) is 83.3 Å². The molecule has 140 valence electrons. The number of benzene rings is 2. The van der Waals surface area contributed by atoms with Crippen LogP contribution in [0, 0.1) is 0 Å². The number of hydrogen-bond acceptors (Lipinski definition) is 6. The lowest BCUT2D eigenvalue weighted by molar-refractivity contribution is -0.120. The first-order valence-corrected chi connectivity index (χ1v) is 8.59. The molecule has 0 N–H and O–H groups in total. The summed E-state index contributed by atoms with van der Waals surface area (Å²) in [5.41, 5.74) is 1.14. The molecule has 0 amide bonds. The summed E-state index contributed by atoms with van der Waals surface area (Å²) in [6.45, 7) is 1.87. The first-order chi connectivity index (χ1) is 13.0. The lowest BCUT2D eigenvalue weighted by atomic mass is 9.95. The van der Waals surface area contributed by atoms with E-state index in [1.54, 1.807) is 32.4 Å². The summed E-state index contributed by atoms with van der Waals surface area (Å²) < 4.78 is 11.4. The Morgan fingerprint density at radius 1 is 1.07 bits per heavy atom. The van der Waals surface area contributed by atoms with Crippen LogP contribution in [0.1, 0.15) is 24.8 Å². The van der Waals surface area contributed by atoms with Crippen molar-refractivity contribution >= 4 is 16.7 Å². The number of ketones is 1. The molecule has 3 aromatic rings. The lowest BCUT2D eigenvalue weighted by Gasteiger charge is -2.12. The van der Waals surface area contributed by atoms with Crippen molar-refractivity contribution in [2.75, 3.05) is 14.2 Å². The normalized spacial score (nSPS) is 12.0. The number of methoxy groups -OCH3 is 2. The van der Waals surface area contributed by atoms with Crippen LogP contribution in [0.4, 0.5) is 0 Å². The Hall–Kier alpha value is -3.22. The minimum absolute atomic E-state index is 0.0248. The van der Waals surface area contributed by atoms with Gasteiger partial charge in [-0.2, -0.15) is 0 Å². The smallest absolute Gasteiger partial charge is 0.278 e. The number of ether oxygens (including phenoxy) is 2. The second kappa shape index (κ2) is 7.99. The highest BCUT2D eigenvalue weighted by atomic mass is 16.5. The third kappa shape index (κ3) is 4.13. The molecule has 1 heterocycles. The molecule has 0 aliphatic rings. The summed E-state index contributed by atoms with van der Waals surface area (Å²) in [6.07, 6.45) is 0.307. The Morgan fingerprint density at radius 3 is 2.41 bits per heavy atom. The predicted octanol–water partition coefficient (Wildman–Crippen LogP) is 2.57. The molecule has 0 bridgehead atoms. The molecule has 1 atom stereocenters. The third-order valence-electron chi connectivity index (χ3n) is 4.47. The third-order valence-corrected chi connectivity index (χ3v) is 4.47. The van der Waals surface area contributed by atoms with E-state index in [9.17, 15) is 9.59 Å². The van der Waals surface area contributed by atoms with Gasteiger partial charge in [0.15, 0.2) is 5.78 Å². The van der Waals surface area contributed by atoms with Gasteiger partial charge in [-0.3, -0.25) is 9.59 Å². The summed E-state index contributed by atoms with van der Waals surface area (Å²) in [4.78, 5) is 25.0. The Kier molecular flexibility index (Phi) is 5.49. The SMILES string of the molecule is COc1ccc([C@H](C)CC(=O)Cn2nnc3cc(OC)ccc3c2=O)cc1. The fourth-order valence-electron chi connectivity index (χ4n) is 2.91. The van der Waals surface area contributed by atoms with Gasteiger partial charge in [0.2, 0.25) is 0 Å². The summed E-state index contributed by atoms with van der Waals surface area (Å²) in [7, 11) is 3.15. The van der Waals surface area contributed by atoms with Crippen molar-refractivity contribution in [1.82, 2.24) is 15.0 Å². The molecule has 0 fully saturated rings. The van der Waals surface area contributed by atoms with Crippen molar-refractivity contribution < 1.29 is 14.3 Å².